The third kappa shape index (κ3) is 4.97. The van der Waals surface area contributed by atoms with Gasteiger partial charge in [-0.3, -0.25) is 4.98 Å². The minimum atomic E-state index is -3.66. The Morgan fingerprint density at radius 1 is 1.45 bits per heavy atom. The number of hydrogen-bond donors (Lipinski definition) is 2. The predicted octanol–water partition coefficient (Wildman–Crippen LogP) is 1.31. The minimum absolute atomic E-state index is 0. The second kappa shape index (κ2) is 7.87. The van der Waals surface area contributed by atoms with E-state index in [1.807, 2.05) is 0 Å². The molecule has 20 heavy (non-hydrogen) atoms. The summed E-state index contributed by atoms with van der Waals surface area (Å²) in [5.41, 5.74) is 0. The average Bonchev–Trinajstić information content (AvgIpc) is 2.40. The van der Waals surface area contributed by atoms with Crippen LogP contribution in [0, 0.1) is 11.7 Å². The van der Waals surface area contributed by atoms with Crippen LogP contribution in [0.15, 0.2) is 23.4 Å². The first-order valence-electron chi connectivity index (χ1n) is 6.39. The van der Waals surface area contributed by atoms with Crippen molar-refractivity contribution in [2.24, 2.45) is 5.92 Å². The Morgan fingerprint density at radius 2 is 2.25 bits per heavy atom. The molecule has 0 aromatic carbocycles. The maximum absolute atomic E-state index is 12.9. The Kier molecular flexibility index (Phi) is 6.81. The van der Waals surface area contributed by atoms with Gasteiger partial charge in [-0.1, -0.05) is 0 Å². The van der Waals surface area contributed by atoms with Crippen molar-refractivity contribution in [2.45, 2.75) is 24.2 Å². The van der Waals surface area contributed by atoms with Crippen LogP contribution >= 0.6 is 12.4 Å². The first-order valence-corrected chi connectivity index (χ1v) is 7.87. The van der Waals surface area contributed by atoms with Gasteiger partial charge in [0.2, 0.25) is 10.0 Å². The predicted molar refractivity (Wildman–Crippen MR) is 76.8 cm³/mol. The molecule has 0 bridgehead atoms. The zero-order chi connectivity index (χ0) is 13.7. The van der Waals surface area contributed by atoms with E-state index in [1.165, 1.54) is 0 Å². The molecule has 1 aromatic rings. The highest BCUT2D eigenvalue weighted by Crippen LogP contribution is 2.14. The highest BCUT2D eigenvalue weighted by Gasteiger charge is 2.17. The topological polar surface area (TPSA) is 71.1 Å². The average molecular weight is 324 g/mol. The number of hydrogen-bond acceptors (Lipinski definition) is 4. The molecule has 114 valence electrons. The van der Waals surface area contributed by atoms with Crippen molar-refractivity contribution in [2.75, 3.05) is 19.6 Å². The zero-order valence-corrected chi connectivity index (χ0v) is 12.6. The van der Waals surface area contributed by atoms with Gasteiger partial charge in [-0.15, -0.1) is 12.4 Å². The van der Waals surface area contributed by atoms with Crippen LogP contribution in [0.2, 0.25) is 0 Å². The highest BCUT2D eigenvalue weighted by atomic mass is 35.5. The number of halogens is 2. The number of rotatable bonds is 5. The van der Waals surface area contributed by atoms with E-state index in [4.69, 9.17) is 0 Å². The highest BCUT2D eigenvalue weighted by molar-refractivity contribution is 7.89. The lowest BCUT2D eigenvalue weighted by molar-refractivity contribution is 0.358. The van der Waals surface area contributed by atoms with E-state index in [1.54, 1.807) is 0 Å². The summed E-state index contributed by atoms with van der Waals surface area (Å²) >= 11 is 0. The van der Waals surface area contributed by atoms with E-state index in [9.17, 15) is 12.8 Å². The SMILES string of the molecule is Cl.O=S(=O)(NCCC1CCCNC1)c1cncc(F)c1. The van der Waals surface area contributed by atoms with E-state index >= 15 is 0 Å². The molecule has 0 amide bonds. The standard InChI is InChI=1S/C12H18FN3O2S.ClH/c13-11-6-12(9-15-8-11)19(17,18)16-5-3-10-2-1-4-14-7-10;/h6,8-10,14,16H,1-5,7H2;1H. The molecule has 2 rings (SSSR count). The Morgan fingerprint density at radius 3 is 2.90 bits per heavy atom. The fourth-order valence-corrected chi connectivity index (χ4v) is 3.21. The largest absolute Gasteiger partial charge is 0.316 e. The number of nitrogens with zero attached hydrogens (tertiary/aromatic N) is 1. The van der Waals surface area contributed by atoms with Crippen molar-refractivity contribution in [3.8, 4) is 0 Å². The quantitative estimate of drug-likeness (QED) is 0.857. The molecular weight excluding hydrogens is 305 g/mol. The molecule has 1 aliphatic heterocycles. The summed E-state index contributed by atoms with van der Waals surface area (Å²) in [6, 6.07) is 0.970. The Labute approximate surface area is 124 Å². The molecule has 8 heteroatoms. The summed E-state index contributed by atoms with van der Waals surface area (Å²) in [5.74, 6) is -0.151. The summed E-state index contributed by atoms with van der Waals surface area (Å²) in [7, 11) is -3.66. The lowest BCUT2D eigenvalue weighted by Crippen LogP contribution is -2.33. The number of sulfonamides is 1. The van der Waals surface area contributed by atoms with E-state index in [-0.39, 0.29) is 17.3 Å². The third-order valence-corrected chi connectivity index (χ3v) is 4.66. The monoisotopic (exact) mass is 323 g/mol. The van der Waals surface area contributed by atoms with Crippen LogP contribution in [0.1, 0.15) is 19.3 Å². The molecule has 2 heterocycles. The normalized spacial score (nSPS) is 19.4. The van der Waals surface area contributed by atoms with Crippen LogP contribution in [0.5, 0.6) is 0 Å². The summed E-state index contributed by atoms with van der Waals surface area (Å²) in [4.78, 5) is 3.41. The molecule has 0 saturated carbocycles. The first kappa shape index (κ1) is 17.3. The fraction of sp³-hybridized carbons (Fsp3) is 0.583. The molecule has 5 nitrogen and oxygen atoms in total. The van der Waals surface area contributed by atoms with Gasteiger partial charge in [0.15, 0.2) is 0 Å². The van der Waals surface area contributed by atoms with Crippen molar-refractivity contribution >= 4 is 22.4 Å². The second-order valence-electron chi connectivity index (χ2n) is 4.74. The summed E-state index contributed by atoms with van der Waals surface area (Å²) < 4.78 is 39.2. The van der Waals surface area contributed by atoms with Crippen LogP contribution in [0.3, 0.4) is 0 Å². The van der Waals surface area contributed by atoms with Crippen molar-refractivity contribution in [1.29, 1.82) is 0 Å². The second-order valence-corrected chi connectivity index (χ2v) is 6.50. The van der Waals surface area contributed by atoms with Crippen molar-refractivity contribution in [3.63, 3.8) is 0 Å². The maximum Gasteiger partial charge on any atom is 0.242 e. The molecule has 1 aromatic heterocycles. The number of nitrogens with one attached hydrogen (secondary N) is 2. The van der Waals surface area contributed by atoms with Gasteiger partial charge in [0.25, 0.3) is 0 Å². The van der Waals surface area contributed by atoms with Crippen molar-refractivity contribution in [1.82, 2.24) is 15.0 Å². The van der Waals surface area contributed by atoms with Gasteiger partial charge in [0, 0.05) is 12.7 Å². The molecule has 1 unspecified atom stereocenters. The van der Waals surface area contributed by atoms with Crippen LogP contribution in [-0.4, -0.2) is 33.0 Å². The van der Waals surface area contributed by atoms with Gasteiger partial charge in [-0.2, -0.15) is 0 Å². The summed E-state index contributed by atoms with van der Waals surface area (Å²) in [5, 5.41) is 3.28. The molecule has 1 atom stereocenters. The zero-order valence-electron chi connectivity index (χ0n) is 11.0. The number of pyridine rings is 1. The molecule has 0 radical (unpaired) electrons. The molecule has 2 N–H and O–H groups in total. The number of aromatic nitrogens is 1. The smallest absolute Gasteiger partial charge is 0.242 e. The lowest BCUT2D eigenvalue weighted by atomic mass is 9.96. The van der Waals surface area contributed by atoms with E-state index in [2.05, 4.69) is 15.0 Å². The maximum atomic E-state index is 12.9. The fourth-order valence-electron chi connectivity index (χ4n) is 2.19. The van der Waals surface area contributed by atoms with Gasteiger partial charge in [-0.05, 0) is 44.3 Å². The molecule has 1 saturated heterocycles. The van der Waals surface area contributed by atoms with E-state index < -0.39 is 15.8 Å². The lowest BCUT2D eigenvalue weighted by Gasteiger charge is -2.22. The molecule has 0 spiro atoms. The molecular formula is C12H19ClFN3O2S. The van der Waals surface area contributed by atoms with Crippen LogP contribution in [0.4, 0.5) is 4.39 Å². The van der Waals surface area contributed by atoms with E-state index in [0.29, 0.717) is 12.5 Å². The summed E-state index contributed by atoms with van der Waals surface area (Å²) in [6.45, 7) is 2.34. The van der Waals surface area contributed by atoms with Crippen molar-refractivity contribution < 1.29 is 12.8 Å². The molecule has 1 fully saturated rings. The summed E-state index contributed by atoms with van der Waals surface area (Å²) in [6.07, 6.45) is 5.16. The Balaban J connectivity index is 0.00000200. The van der Waals surface area contributed by atoms with Gasteiger partial charge >= 0.3 is 0 Å². The van der Waals surface area contributed by atoms with Crippen LogP contribution < -0.4 is 10.0 Å². The van der Waals surface area contributed by atoms with Crippen LogP contribution in [0.25, 0.3) is 0 Å². The van der Waals surface area contributed by atoms with Crippen molar-refractivity contribution in [3.05, 3.63) is 24.3 Å². The Hall–Kier alpha value is -0.760. The Bertz CT molecular complexity index is 521. The van der Waals surface area contributed by atoms with Gasteiger partial charge < -0.3 is 5.32 Å². The minimum Gasteiger partial charge on any atom is -0.316 e. The first-order chi connectivity index (χ1) is 9.08. The third-order valence-electron chi connectivity index (χ3n) is 3.23. The van der Waals surface area contributed by atoms with Gasteiger partial charge in [0.1, 0.15) is 10.7 Å². The van der Waals surface area contributed by atoms with Gasteiger partial charge in [-0.25, -0.2) is 17.5 Å². The molecule has 0 aliphatic carbocycles. The van der Waals surface area contributed by atoms with Gasteiger partial charge in [0.05, 0.1) is 6.20 Å². The number of piperidine rings is 1. The van der Waals surface area contributed by atoms with Crippen LogP contribution in [-0.2, 0) is 10.0 Å². The van der Waals surface area contributed by atoms with E-state index in [0.717, 1.165) is 50.8 Å². The molecule has 1 aliphatic rings.